The number of hydrogen-bond donors (Lipinski definition) is 0. The summed E-state index contributed by atoms with van der Waals surface area (Å²) in [6, 6.07) is 15.2. The molecule has 5 aliphatic rings. The molecule has 9 rings (SSSR count). The summed E-state index contributed by atoms with van der Waals surface area (Å²) in [6.07, 6.45) is 5.40. The molecule has 0 N–H and O–H groups in total. The molecule has 2 saturated carbocycles. The van der Waals surface area contributed by atoms with Crippen LogP contribution < -0.4 is 4.90 Å². The van der Waals surface area contributed by atoms with Crippen LogP contribution in [0.1, 0.15) is 32.7 Å². The van der Waals surface area contributed by atoms with Gasteiger partial charge in [-0.1, -0.05) is 35.9 Å². The molecule has 6 unspecified atom stereocenters. The number of ether oxygens (including phenoxy) is 1. The minimum absolute atomic E-state index is 0.132. The maximum absolute atomic E-state index is 13.6. The average molecular weight is 700 g/mol. The smallest absolute Gasteiger partial charge is 0.339 e. The van der Waals surface area contributed by atoms with Crippen LogP contribution in [-0.4, -0.2) is 35.2 Å². The Kier molecular flexibility index (Phi) is 6.78. The number of imide groups is 1. The van der Waals surface area contributed by atoms with Crippen LogP contribution in [0.25, 0.3) is 22.2 Å². The number of allylic oxidation sites excluding steroid dienone is 2. The van der Waals surface area contributed by atoms with Crippen LogP contribution in [0.3, 0.4) is 0 Å². The SMILES string of the molecule is Cc1c(Cl)c(Br)cc2c(C(=O)OCC(=O)c3ccc(F)cc3)cc(-c3ccc(N4C(=O)C5C6C=CC(C7CC67)C5C4=O)cc3)nc12. The van der Waals surface area contributed by atoms with E-state index in [-0.39, 0.29) is 46.6 Å². The van der Waals surface area contributed by atoms with Crippen LogP contribution in [0.15, 0.2) is 77.3 Å². The van der Waals surface area contributed by atoms with E-state index in [9.17, 15) is 23.6 Å². The van der Waals surface area contributed by atoms with Gasteiger partial charge in [-0.2, -0.15) is 0 Å². The number of anilines is 1. The van der Waals surface area contributed by atoms with Crippen molar-refractivity contribution >= 4 is 67.7 Å². The molecule has 230 valence electrons. The third-order valence-corrected chi connectivity index (χ3v) is 11.4. The van der Waals surface area contributed by atoms with E-state index in [0.717, 1.165) is 6.42 Å². The Hall–Kier alpha value is -4.21. The number of carbonyl (C=O) groups excluding carboxylic acids is 4. The number of hydrogen-bond acceptors (Lipinski definition) is 6. The highest BCUT2D eigenvalue weighted by Gasteiger charge is 2.67. The van der Waals surface area contributed by atoms with Gasteiger partial charge in [-0.15, -0.1) is 0 Å². The van der Waals surface area contributed by atoms with Crippen LogP contribution in [0.2, 0.25) is 5.02 Å². The third kappa shape index (κ3) is 4.47. The summed E-state index contributed by atoms with van der Waals surface area (Å²) in [6.45, 7) is 1.25. The molecule has 4 aromatic rings. The van der Waals surface area contributed by atoms with Gasteiger partial charge < -0.3 is 4.74 Å². The standard InChI is InChI=1S/C36H25BrClFN2O5/c1-16-32(38)27(37)13-25-26(36(45)46-15-29(42)18-2-6-19(39)7-3-18)14-28(40-33(16)25)17-4-8-20(9-5-17)41-34(43)30-21-10-11-22(24-12-23(21)24)31(30)35(41)44/h2-11,13-14,21-24,30-31H,12,15H2,1H3. The molecule has 3 fully saturated rings. The molecule has 0 radical (unpaired) electrons. The number of nitrogens with zero attached hydrogens (tertiary/aromatic N) is 2. The van der Waals surface area contributed by atoms with Crippen molar-refractivity contribution in [2.24, 2.45) is 35.5 Å². The van der Waals surface area contributed by atoms with Crippen molar-refractivity contribution in [1.29, 1.82) is 0 Å². The predicted molar refractivity (Wildman–Crippen MR) is 173 cm³/mol. The number of carbonyl (C=O) groups is 4. The molecule has 4 aliphatic carbocycles. The van der Waals surface area contributed by atoms with Crippen molar-refractivity contribution in [1.82, 2.24) is 4.98 Å². The molecule has 2 amide bonds. The number of rotatable bonds is 6. The number of fused-ring (bicyclic) bond motifs is 1. The molecule has 1 aromatic heterocycles. The van der Waals surface area contributed by atoms with Crippen LogP contribution in [0.4, 0.5) is 10.1 Å². The van der Waals surface area contributed by atoms with Gasteiger partial charge >= 0.3 is 5.97 Å². The lowest BCUT2D eigenvalue weighted by molar-refractivity contribution is -0.124. The maximum Gasteiger partial charge on any atom is 0.339 e. The maximum atomic E-state index is 13.6. The van der Waals surface area contributed by atoms with E-state index in [1.54, 1.807) is 43.3 Å². The van der Waals surface area contributed by atoms with Crippen molar-refractivity contribution in [3.8, 4) is 11.3 Å². The topological polar surface area (TPSA) is 93.6 Å². The fourth-order valence-electron chi connectivity index (χ4n) is 7.70. The first-order valence-corrected chi connectivity index (χ1v) is 16.2. The number of halogens is 3. The molecular weight excluding hydrogens is 675 g/mol. The molecule has 3 aromatic carbocycles. The summed E-state index contributed by atoms with van der Waals surface area (Å²) in [5, 5.41) is 0.914. The van der Waals surface area contributed by atoms with E-state index in [4.69, 9.17) is 21.3 Å². The second-order valence-electron chi connectivity index (χ2n) is 12.5. The van der Waals surface area contributed by atoms with Gasteiger partial charge in [0.25, 0.3) is 0 Å². The Morgan fingerprint density at radius 3 is 2.24 bits per heavy atom. The number of ketones is 1. The molecule has 10 heteroatoms. The van der Waals surface area contributed by atoms with Gasteiger partial charge in [-0.25, -0.2) is 14.2 Å². The first-order chi connectivity index (χ1) is 22.1. The van der Waals surface area contributed by atoms with Gasteiger partial charge in [0.1, 0.15) is 5.82 Å². The van der Waals surface area contributed by atoms with Crippen LogP contribution in [0.5, 0.6) is 0 Å². The van der Waals surface area contributed by atoms with Crippen LogP contribution in [-0.2, 0) is 14.3 Å². The number of pyridine rings is 1. The van der Waals surface area contributed by atoms with Gasteiger partial charge in [-0.3, -0.25) is 19.3 Å². The number of Topliss-reactive ketones (excluding diaryl/α,β-unsaturated/α-hetero) is 1. The van der Waals surface area contributed by atoms with E-state index in [1.807, 2.05) is 0 Å². The van der Waals surface area contributed by atoms with E-state index in [2.05, 4.69) is 28.1 Å². The van der Waals surface area contributed by atoms with Gasteiger partial charge in [0.2, 0.25) is 11.8 Å². The Labute approximate surface area is 276 Å². The molecular formula is C36H25BrClFN2O5. The summed E-state index contributed by atoms with van der Waals surface area (Å²) in [5.41, 5.74) is 3.08. The largest absolute Gasteiger partial charge is 0.454 e. The van der Waals surface area contributed by atoms with E-state index < -0.39 is 24.2 Å². The lowest BCUT2D eigenvalue weighted by atomic mass is 9.63. The highest BCUT2D eigenvalue weighted by atomic mass is 79.9. The molecule has 7 nitrogen and oxygen atoms in total. The number of amides is 2. The highest BCUT2D eigenvalue weighted by molar-refractivity contribution is 9.10. The van der Waals surface area contributed by atoms with Gasteiger partial charge in [0, 0.05) is 21.0 Å². The van der Waals surface area contributed by atoms with Gasteiger partial charge in [0.05, 0.1) is 39.3 Å². The Bertz CT molecular complexity index is 2010. The number of aryl methyl sites for hydroxylation is 1. The molecule has 1 saturated heterocycles. The molecule has 1 aliphatic heterocycles. The monoisotopic (exact) mass is 698 g/mol. The normalized spacial score (nSPS) is 25.5. The van der Waals surface area contributed by atoms with Crippen molar-refractivity contribution in [2.45, 2.75) is 13.3 Å². The van der Waals surface area contributed by atoms with Crippen LogP contribution in [0, 0.1) is 48.2 Å². The fraction of sp³-hybridized carbons (Fsp3) is 0.250. The lowest BCUT2D eigenvalue weighted by Crippen LogP contribution is -2.40. The second kappa shape index (κ2) is 10.7. The molecule has 2 bridgehead atoms. The summed E-state index contributed by atoms with van der Waals surface area (Å²) in [7, 11) is 0. The third-order valence-electron chi connectivity index (χ3n) is 10.0. The highest BCUT2D eigenvalue weighted by Crippen LogP contribution is 2.65. The van der Waals surface area contributed by atoms with Crippen LogP contribution >= 0.6 is 27.5 Å². The number of esters is 1. The number of benzene rings is 3. The number of aromatic nitrogens is 1. The van der Waals surface area contributed by atoms with Gasteiger partial charge in [-0.05, 0) is 107 Å². The zero-order valence-electron chi connectivity index (χ0n) is 24.4. The molecule has 2 heterocycles. The quantitative estimate of drug-likeness (QED) is 0.0904. The predicted octanol–water partition coefficient (Wildman–Crippen LogP) is 7.36. The van der Waals surface area contributed by atoms with Crippen molar-refractivity contribution in [3.05, 3.63) is 105 Å². The fourth-order valence-corrected chi connectivity index (χ4v) is 8.37. The molecule has 0 spiro atoms. The van der Waals surface area contributed by atoms with E-state index >= 15 is 0 Å². The Balaban J connectivity index is 1.11. The summed E-state index contributed by atoms with van der Waals surface area (Å²) >= 11 is 9.97. The van der Waals surface area contributed by atoms with E-state index in [0.29, 0.717) is 54.7 Å². The zero-order valence-corrected chi connectivity index (χ0v) is 26.7. The Morgan fingerprint density at radius 1 is 0.978 bits per heavy atom. The average Bonchev–Trinajstić information content (AvgIpc) is 3.85. The first kappa shape index (κ1) is 29.2. The van der Waals surface area contributed by atoms with Gasteiger partial charge in [0.15, 0.2) is 12.4 Å². The first-order valence-electron chi connectivity index (χ1n) is 15.0. The molecule has 46 heavy (non-hydrogen) atoms. The van der Waals surface area contributed by atoms with Crippen molar-refractivity contribution < 1.29 is 28.3 Å². The Morgan fingerprint density at radius 2 is 1.61 bits per heavy atom. The summed E-state index contributed by atoms with van der Waals surface area (Å²) < 4.78 is 19.3. The zero-order chi connectivity index (χ0) is 32.0. The summed E-state index contributed by atoms with van der Waals surface area (Å²) in [4.78, 5) is 59.4. The van der Waals surface area contributed by atoms with Crippen molar-refractivity contribution in [3.63, 3.8) is 0 Å². The minimum Gasteiger partial charge on any atom is -0.454 e. The van der Waals surface area contributed by atoms with E-state index in [1.165, 1.54) is 29.2 Å². The van der Waals surface area contributed by atoms with Crippen molar-refractivity contribution in [2.75, 3.05) is 11.5 Å². The molecule has 6 atom stereocenters. The lowest BCUT2D eigenvalue weighted by Gasteiger charge is -2.37. The minimum atomic E-state index is -0.744. The summed E-state index contributed by atoms with van der Waals surface area (Å²) in [5.74, 6) is -1.21. The second-order valence-corrected chi connectivity index (χ2v) is 13.7.